The van der Waals surface area contributed by atoms with Gasteiger partial charge in [-0.1, -0.05) is 0 Å². The standard InChI is InChI=1S/C11H17N5O3/c1-14-5-3-8(4-6-14)12-11(17)10-9(16(18)19)7-15(2)13-10/h7-8H,3-6H2,1-2H3,(H,12,17). The van der Waals surface area contributed by atoms with E-state index in [0.29, 0.717) is 0 Å². The van der Waals surface area contributed by atoms with Crippen LogP contribution >= 0.6 is 0 Å². The van der Waals surface area contributed by atoms with Gasteiger partial charge in [0.25, 0.3) is 5.91 Å². The summed E-state index contributed by atoms with van der Waals surface area (Å²) in [4.78, 5) is 24.5. The predicted octanol–water partition coefficient (Wildman–Crippen LogP) is 0.152. The lowest BCUT2D eigenvalue weighted by Crippen LogP contribution is -2.43. The molecule has 1 aliphatic rings. The molecule has 0 unspecified atom stereocenters. The Morgan fingerprint density at radius 1 is 1.47 bits per heavy atom. The van der Waals surface area contributed by atoms with Crippen LogP contribution in [0.4, 0.5) is 5.69 Å². The van der Waals surface area contributed by atoms with Gasteiger partial charge in [0, 0.05) is 13.1 Å². The highest BCUT2D eigenvalue weighted by molar-refractivity contribution is 5.96. The van der Waals surface area contributed by atoms with Gasteiger partial charge >= 0.3 is 5.69 Å². The van der Waals surface area contributed by atoms with E-state index < -0.39 is 10.8 Å². The molecule has 0 aromatic carbocycles. The summed E-state index contributed by atoms with van der Waals surface area (Å²) in [5.41, 5.74) is -0.376. The lowest BCUT2D eigenvalue weighted by atomic mass is 10.1. The van der Waals surface area contributed by atoms with Crippen molar-refractivity contribution in [1.82, 2.24) is 20.0 Å². The van der Waals surface area contributed by atoms with Crippen LogP contribution in [-0.4, -0.2) is 51.7 Å². The van der Waals surface area contributed by atoms with Crippen LogP contribution < -0.4 is 5.32 Å². The van der Waals surface area contributed by atoms with Gasteiger partial charge in [0.1, 0.15) is 6.20 Å². The summed E-state index contributed by atoms with van der Waals surface area (Å²) in [5.74, 6) is -0.471. The molecule has 1 fully saturated rings. The van der Waals surface area contributed by atoms with E-state index in [9.17, 15) is 14.9 Å². The lowest BCUT2D eigenvalue weighted by molar-refractivity contribution is -0.385. The van der Waals surface area contributed by atoms with Gasteiger partial charge < -0.3 is 10.2 Å². The topological polar surface area (TPSA) is 93.3 Å². The molecule has 19 heavy (non-hydrogen) atoms. The number of aromatic nitrogens is 2. The fourth-order valence-electron chi connectivity index (χ4n) is 2.18. The molecule has 0 radical (unpaired) electrons. The average molecular weight is 267 g/mol. The summed E-state index contributed by atoms with van der Waals surface area (Å²) < 4.78 is 1.28. The Hall–Kier alpha value is -1.96. The first-order chi connectivity index (χ1) is 8.97. The van der Waals surface area contributed by atoms with Crippen molar-refractivity contribution in [3.8, 4) is 0 Å². The Morgan fingerprint density at radius 2 is 2.11 bits per heavy atom. The van der Waals surface area contributed by atoms with Gasteiger partial charge in [-0.2, -0.15) is 5.10 Å². The minimum atomic E-state index is -0.587. The molecule has 8 nitrogen and oxygen atoms in total. The maximum Gasteiger partial charge on any atom is 0.320 e. The third-order valence-electron chi connectivity index (χ3n) is 3.28. The number of carbonyl (C=O) groups excluding carboxylic acids is 1. The number of amides is 1. The lowest BCUT2D eigenvalue weighted by Gasteiger charge is -2.29. The molecule has 1 aliphatic heterocycles. The summed E-state index contributed by atoms with van der Waals surface area (Å²) in [6.07, 6.45) is 2.94. The molecule has 1 amide bonds. The normalized spacial score (nSPS) is 17.4. The van der Waals surface area contributed by atoms with Crippen molar-refractivity contribution in [2.24, 2.45) is 7.05 Å². The molecular weight excluding hydrogens is 250 g/mol. The van der Waals surface area contributed by atoms with Gasteiger partial charge in [-0.05, 0) is 33.0 Å². The Kier molecular flexibility index (Phi) is 3.79. The van der Waals surface area contributed by atoms with Crippen LogP contribution in [0.1, 0.15) is 23.3 Å². The van der Waals surface area contributed by atoms with Crippen molar-refractivity contribution in [1.29, 1.82) is 0 Å². The van der Waals surface area contributed by atoms with Crippen LogP contribution in [0, 0.1) is 10.1 Å². The largest absolute Gasteiger partial charge is 0.348 e. The van der Waals surface area contributed by atoms with E-state index in [1.807, 2.05) is 7.05 Å². The summed E-state index contributed by atoms with van der Waals surface area (Å²) >= 11 is 0. The summed E-state index contributed by atoms with van der Waals surface area (Å²) in [6.45, 7) is 1.82. The van der Waals surface area contributed by atoms with Gasteiger partial charge in [-0.3, -0.25) is 19.6 Å². The van der Waals surface area contributed by atoms with Crippen LogP contribution in [0.25, 0.3) is 0 Å². The minimum Gasteiger partial charge on any atom is -0.348 e. The van der Waals surface area contributed by atoms with Crippen molar-refractivity contribution in [3.05, 3.63) is 22.0 Å². The first-order valence-electron chi connectivity index (χ1n) is 6.15. The SMILES string of the molecule is CN1CCC(NC(=O)c2nn(C)cc2[N+](=O)[O-])CC1. The highest BCUT2D eigenvalue weighted by Gasteiger charge is 2.27. The highest BCUT2D eigenvalue weighted by Crippen LogP contribution is 2.17. The summed E-state index contributed by atoms with van der Waals surface area (Å²) in [6, 6.07) is 0.0605. The molecule has 0 bridgehead atoms. The second-order valence-electron chi connectivity index (χ2n) is 4.84. The van der Waals surface area contributed by atoms with Gasteiger partial charge in [-0.15, -0.1) is 0 Å². The van der Waals surface area contributed by atoms with E-state index in [-0.39, 0.29) is 17.4 Å². The third kappa shape index (κ3) is 3.08. The Labute approximate surface area is 110 Å². The zero-order chi connectivity index (χ0) is 14.0. The molecular formula is C11H17N5O3. The number of hydrogen-bond acceptors (Lipinski definition) is 5. The molecule has 0 saturated carbocycles. The number of carbonyl (C=O) groups is 1. The number of likely N-dealkylation sites (tertiary alicyclic amines) is 1. The zero-order valence-electron chi connectivity index (χ0n) is 11.0. The summed E-state index contributed by atoms with van der Waals surface area (Å²) in [5, 5.41) is 17.5. The highest BCUT2D eigenvalue weighted by atomic mass is 16.6. The molecule has 0 aliphatic carbocycles. The zero-order valence-corrected chi connectivity index (χ0v) is 11.0. The van der Waals surface area contributed by atoms with E-state index in [1.165, 1.54) is 10.9 Å². The van der Waals surface area contributed by atoms with Crippen molar-refractivity contribution in [2.45, 2.75) is 18.9 Å². The van der Waals surface area contributed by atoms with Crippen LogP contribution in [0.5, 0.6) is 0 Å². The van der Waals surface area contributed by atoms with Crippen molar-refractivity contribution in [2.75, 3.05) is 20.1 Å². The molecule has 1 saturated heterocycles. The van der Waals surface area contributed by atoms with E-state index in [4.69, 9.17) is 0 Å². The second-order valence-corrected chi connectivity index (χ2v) is 4.84. The number of aryl methyl sites for hydroxylation is 1. The molecule has 8 heteroatoms. The molecule has 1 N–H and O–H groups in total. The fraction of sp³-hybridized carbons (Fsp3) is 0.636. The van der Waals surface area contributed by atoms with E-state index in [1.54, 1.807) is 7.05 Å². The van der Waals surface area contributed by atoms with Crippen LogP contribution in [0.2, 0.25) is 0 Å². The van der Waals surface area contributed by atoms with Gasteiger partial charge in [0.15, 0.2) is 0 Å². The Balaban J connectivity index is 2.06. The first kappa shape index (κ1) is 13.5. The van der Waals surface area contributed by atoms with Crippen molar-refractivity contribution in [3.63, 3.8) is 0 Å². The maximum atomic E-state index is 12.0. The molecule has 0 atom stereocenters. The number of nitro groups is 1. The molecule has 0 spiro atoms. The number of rotatable bonds is 3. The first-order valence-corrected chi connectivity index (χ1v) is 6.15. The smallest absolute Gasteiger partial charge is 0.320 e. The summed E-state index contributed by atoms with van der Waals surface area (Å²) in [7, 11) is 3.58. The van der Waals surface area contributed by atoms with Crippen LogP contribution in [0.15, 0.2) is 6.20 Å². The molecule has 1 aromatic heterocycles. The third-order valence-corrected chi connectivity index (χ3v) is 3.28. The Bertz CT molecular complexity index is 491. The number of hydrogen-bond donors (Lipinski definition) is 1. The van der Waals surface area contributed by atoms with Crippen LogP contribution in [0.3, 0.4) is 0 Å². The number of piperidine rings is 1. The van der Waals surface area contributed by atoms with Gasteiger partial charge in [-0.25, -0.2) is 0 Å². The van der Waals surface area contributed by atoms with Crippen LogP contribution in [-0.2, 0) is 7.05 Å². The van der Waals surface area contributed by atoms with Crippen molar-refractivity contribution >= 4 is 11.6 Å². The molecule has 2 heterocycles. The monoisotopic (exact) mass is 267 g/mol. The fourth-order valence-corrected chi connectivity index (χ4v) is 2.18. The average Bonchev–Trinajstić information content (AvgIpc) is 2.74. The van der Waals surface area contributed by atoms with E-state index >= 15 is 0 Å². The molecule has 1 aromatic rings. The quantitative estimate of drug-likeness (QED) is 0.621. The molecule has 104 valence electrons. The Morgan fingerprint density at radius 3 is 2.68 bits per heavy atom. The van der Waals surface area contributed by atoms with Gasteiger partial charge in [0.05, 0.1) is 4.92 Å². The maximum absolute atomic E-state index is 12.0. The minimum absolute atomic E-state index is 0.0605. The number of nitrogens with zero attached hydrogens (tertiary/aromatic N) is 4. The van der Waals surface area contributed by atoms with E-state index in [2.05, 4.69) is 15.3 Å². The predicted molar refractivity (Wildman–Crippen MR) is 67.8 cm³/mol. The number of nitrogens with one attached hydrogen (secondary N) is 1. The van der Waals surface area contributed by atoms with Crippen molar-refractivity contribution < 1.29 is 9.72 Å². The second kappa shape index (κ2) is 5.35. The van der Waals surface area contributed by atoms with Gasteiger partial charge in [0.2, 0.25) is 5.69 Å². The molecule has 2 rings (SSSR count). The van der Waals surface area contributed by atoms with E-state index in [0.717, 1.165) is 25.9 Å².